The summed E-state index contributed by atoms with van der Waals surface area (Å²) in [4.78, 5) is 0.0193. The SMILES string of the molecule is Cc1ccc(C)c(-n2c(COc3ccc(Cl)cc3Cl)nnc2SC(=NS(=O)(=O)c2ccc(Cl)cc2)c2ccccc2)c1. The predicted molar refractivity (Wildman–Crippen MR) is 169 cm³/mol. The number of hydrogen-bond acceptors (Lipinski definition) is 6. The van der Waals surface area contributed by atoms with Crippen molar-refractivity contribution < 1.29 is 13.2 Å². The van der Waals surface area contributed by atoms with E-state index in [0.717, 1.165) is 28.6 Å². The average Bonchev–Trinajstić information content (AvgIpc) is 3.36. The van der Waals surface area contributed by atoms with Crippen LogP contribution >= 0.6 is 46.6 Å². The number of hydrogen-bond donors (Lipinski definition) is 0. The summed E-state index contributed by atoms with van der Waals surface area (Å²) in [5.74, 6) is 0.913. The maximum absolute atomic E-state index is 13.4. The van der Waals surface area contributed by atoms with Crippen molar-refractivity contribution in [3.63, 3.8) is 0 Å². The Labute approximate surface area is 263 Å². The highest BCUT2D eigenvalue weighted by Gasteiger charge is 2.22. The molecule has 1 heterocycles. The first-order valence-corrected chi connectivity index (χ1v) is 15.9. The molecule has 0 atom stereocenters. The number of benzene rings is 4. The minimum atomic E-state index is -4.08. The molecule has 0 N–H and O–H groups in total. The monoisotopic (exact) mass is 656 g/mol. The first-order valence-electron chi connectivity index (χ1n) is 12.5. The standard InChI is InChI=1S/C30H23Cl3N4O3S2/c1-19-8-9-20(2)26(16-19)37-28(18-40-27-15-12-23(32)17-25(27)33)34-35-30(37)41-29(21-6-4-3-5-7-21)36-42(38,39)24-13-10-22(31)11-14-24/h3-17H,18H2,1-2H3. The van der Waals surface area contributed by atoms with Crippen molar-refractivity contribution in [1.82, 2.24) is 14.8 Å². The molecule has 0 radical (unpaired) electrons. The van der Waals surface area contributed by atoms with E-state index in [2.05, 4.69) is 14.6 Å². The van der Waals surface area contributed by atoms with E-state index in [1.165, 1.54) is 24.3 Å². The van der Waals surface area contributed by atoms with Gasteiger partial charge in [0.05, 0.1) is 15.6 Å². The molecule has 0 spiro atoms. The van der Waals surface area contributed by atoms with Crippen LogP contribution in [0.15, 0.2) is 105 Å². The molecule has 0 unspecified atom stereocenters. The van der Waals surface area contributed by atoms with Gasteiger partial charge in [0.1, 0.15) is 17.4 Å². The van der Waals surface area contributed by atoms with Crippen LogP contribution in [0.4, 0.5) is 0 Å². The van der Waals surface area contributed by atoms with Crippen LogP contribution < -0.4 is 4.74 Å². The first kappa shape index (κ1) is 30.1. The van der Waals surface area contributed by atoms with E-state index in [1.807, 2.05) is 54.8 Å². The van der Waals surface area contributed by atoms with Crippen molar-refractivity contribution in [2.24, 2.45) is 4.40 Å². The van der Waals surface area contributed by atoms with Crippen LogP contribution in [0.2, 0.25) is 15.1 Å². The highest BCUT2D eigenvalue weighted by atomic mass is 35.5. The number of halogens is 3. The molecule has 0 aliphatic rings. The molecule has 0 fully saturated rings. The minimum absolute atomic E-state index is 0.0193. The second-order valence-corrected chi connectivity index (χ2v) is 13.0. The van der Waals surface area contributed by atoms with Crippen LogP contribution in [0.1, 0.15) is 22.5 Å². The van der Waals surface area contributed by atoms with Crippen molar-refractivity contribution >= 4 is 61.6 Å². The lowest BCUT2D eigenvalue weighted by molar-refractivity contribution is 0.293. The van der Waals surface area contributed by atoms with Gasteiger partial charge in [-0.05, 0) is 85.3 Å². The van der Waals surface area contributed by atoms with Crippen LogP contribution in [0.3, 0.4) is 0 Å². The molecule has 1 aromatic heterocycles. The molecule has 42 heavy (non-hydrogen) atoms. The zero-order chi connectivity index (χ0) is 29.9. The Kier molecular flexibility index (Phi) is 9.25. The lowest BCUT2D eigenvalue weighted by Gasteiger charge is -2.15. The van der Waals surface area contributed by atoms with E-state index in [9.17, 15) is 8.42 Å². The number of rotatable bonds is 8. The van der Waals surface area contributed by atoms with Gasteiger partial charge in [-0.2, -0.15) is 12.8 Å². The van der Waals surface area contributed by atoms with Gasteiger partial charge in [0, 0.05) is 15.6 Å². The molecule has 5 aromatic rings. The molecule has 0 aliphatic carbocycles. The highest BCUT2D eigenvalue weighted by molar-refractivity contribution is 8.15. The summed E-state index contributed by atoms with van der Waals surface area (Å²) in [6, 6.07) is 25.9. The smallest absolute Gasteiger partial charge is 0.283 e. The van der Waals surface area contributed by atoms with Gasteiger partial charge in [0.25, 0.3) is 10.0 Å². The van der Waals surface area contributed by atoms with Crippen LogP contribution in [0, 0.1) is 13.8 Å². The topological polar surface area (TPSA) is 86.4 Å². The van der Waals surface area contributed by atoms with Gasteiger partial charge in [-0.1, -0.05) is 77.3 Å². The lowest BCUT2D eigenvalue weighted by atomic mass is 10.1. The van der Waals surface area contributed by atoms with Gasteiger partial charge in [-0.3, -0.25) is 4.57 Å². The fourth-order valence-electron chi connectivity index (χ4n) is 3.96. The molecule has 0 saturated heterocycles. The second-order valence-electron chi connectivity index (χ2n) is 9.18. The van der Waals surface area contributed by atoms with Crippen molar-refractivity contribution in [1.29, 1.82) is 0 Å². The molecule has 0 saturated carbocycles. The molecule has 0 bridgehead atoms. The molecule has 5 rings (SSSR count). The van der Waals surface area contributed by atoms with E-state index in [4.69, 9.17) is 39.5 Å². The Hall–Kier alpha value is -3.34. The summed E-state index contributed by atoms with van der Waals surface area (Å²) >= 11 is 19.4. The number of sulfonamides is 1. The molecule has 0 amide bonds. The zero-order valence-corrected chi connectivity index (χ0v) is 26.2. The fraction of sp³-hybridized carbons (Fsp3) is 0.100. The Bertz CT molecular complexity index is 1880. The fourth-order valence-corrected chi connectivity index (χ4v) is 6.71. The summed E-state index contributed by atoms with van der Waals surface area (Å²) in [7, 11) is -4.08. The third kappa shape index (κ3) is 6.99. The summed E-state index contributed by atoms with van der Waals surface area (Å²) in [6.45, 7) is 3.99. The Balaban J connectivity index is 1.60. The van der Waals surface area contributed by atoms with Crippen LogP contribution in [-0.2, 0) is 16.6 Å². The van der Waals surface area contributed by atoms with E-state index >= 15 is 0 Å². The molecule has 7 nitrogen and oxygen atoms in total. The van der Waals surface area contributed by atoms with Crippen molar-refractivity contribution in [3.05, 3.63) is 129 Å². The van der Waals surface area contributed by atoms with Crippen LogP contribution in [0.5, 0.6) is 5.75 Å². The molecule has 4 aromatic carbocycles. The largest absolute Gasteiger partial charge is 0.484 e. The van der Waals surface area contributed by atoms with Crippen molar-refractivity contribution in [3.8, 4) is 11.4 Å². The molecular formula is C30H23Cl3N4O3S2. The van der Waals surface area contributed by atoms with E-state index in [-0.39, 0.29) is 16.5 Å². The van der Waals surface area contributed by atoms with E-state index in [1.54, 1.807) is 30.3 Å². The normalized spacial score (nSPS) is 12.0. The number of ether oxygens (including phenoxy) is 1. The average molecular weight is 658 g/mol. The van der Waals surface area contributed by atoms with Gasteiger partial charge in [-0.15, -0.1) is 10.2 Å². The molecular weight excluding hydrogens is 635 g/mol. The molecule has 12 heteroatoms. The highest BCUT2D eigenvalue weighted by Crippen LogP contribution is 2.32. The van der Waals surface area contributed by atoms with Gasteiger partial charge in [0.15, 0.2) is 5.82 Å². The number of aryl methyl sites for hydroxylation is 2. The van der Waals surface area contributed by atoms with Gasteiger partial charge in [-0.25, -0.2) is 0 Å². The van der Waals surface area contributed by atoms with Crippen molar-refractivity contribution in [2.45, 2.75) is 30.5 Å². The summed E-state index contributed by atoms with van der Waals surface area (Å²) in [5.41, 5.74) is 3.40. The Morgan fingerprint density at radius 1 is 0.881 bits per heavy atom. The zero-order valence-electron chi connectivity index (χ0n) is 22.3. The van der Waals surface area contributed by atoms with E-state index < -0.39 is 10.0 Å². The van der Waals surface area contributed by atoms with E-state index in [0.29, 0.717) is 37.4 Å². The number of nitrogens with zero attached hydrogens (tertiary/aromatic N) is 4. The predicted octanol–water partition coefficient (Wildman–Crippen LogP) is 8.35. The number of aromatic nitrogens is 3. The van der Waals surface area contributed by atoms with Gasteiger partial charge < -0.3 is 4.74 Å². The summed E-state index contributed by atoms with van der Waals surface area (Å²) in [6.07, 6.45) is 0. The van der Waals surface area contributed by atoms with Crippen LogP contribution in [-0.4, -0.2) is 28.2 Å². The Morgan fingerprint density at radius 2 is 1.60 bits per heavy atom. The molecule has 0 aliphatic heterocycles. The van der Waals surface area contributed by atoms with Crippen LogP contribution in [0.25, 0.3) is 5.69 Å². The molecule has 214 valence electrons. The second kappa shape index (κ2) is 12.9. The van der Waals surface area contributed by atoms with Gasteiger partial charge >= 0.3 is 0 Å². The number of thioether (sulfide) groups is 1. The Morgan fingerprint density at radius 3 is 2.31 bits per heavy atom. The summed E-state index contributed by atoms with van der Waals surface area (Å²) < 4.78 is 38.8. The van der Waals surface area contributed by atoms with Crippen molar-refractivity contribution in [2.75, 3.05) is 0 Å². The lowest BCUT2D eigenvalue weighted by Crippen LogP contribution is -2.10. The van der Waals surface area contributed by atoms with Gasteiger partial charge in [0.2, 0.25) is 5.16 Å². The first-order chi connectivity index (χ1) is 20.1. The quantitative estimate of drug-likeness (QED) is 0.0947. The maximum atomic E-state index is 13.4. The third-order valence-electron chi connectivity index (χ3n) is 6.08. The minimum Gasteiger partial charge on any atom is -0.484 e. The maximum Gasteiger partial charge on any atom is 0.283 e. The summed E-state index contributed by atoms with van der Waals surface area (Å²) in [5, 5.41) is 10.8. The third-order valence-corrected chi connectivity index (χ3v) is 9.24.